The van der Waals surface area contributed by atoms with Crippen LogP contribution in [0.2, 0.25) is 0 Å². The lowest BCUT2D eigenvalue weighted by molar-refractivity contribution is 0.436. The maximum Gasteiger partial charge on any atom is 0.156 e. The maximum atomic E-state index is 7.63. The van der Waals surface area contributed by atoms with Gasteiger partial charge < -0.3 is 14.4 Å². The third-order valence-electron chi connectivity index (χ3n) is 17.5. The molecule has 11 aromatic carbocycles. The summed E-state index contributed by atoms with van der Waals surface area (Å²) in [6, 6.07) is 92.1. The second-order valence-electron chi connectivity index (χ2n) is 23.9. The molecule has 0 fully saturated rings. The molecule has 0 unspecified atom stereocenters. The van der Waals surface area contributed by atoms with E-state index >= 15 is 0 Å². The number of hydrogen-bond donors (Lipinski definition) is 0. The van der Waals surface area contributed by atoms with Crippen LogP contribution in [0.5, 0.6) is 23.0 Å². The summed E-state index contributed by atoms with van der Waals surface area (Å²) in [4.78, 5) is 2.47. The summed E-state index contributed by atoms with van der Waals surface area (Å²) >= 11 is 0. The molecule has 0 N–H and O–H groups in total. The van der Waals surface area contributed by atoms with Crippen LogP contribution in [0.25, 0.3) is 44.5 Å². The Morgan fingerprint density at radius 2 is 0.734 bits per heavy atom. The van der Waals surface area contributed by atoms with E-state index in [0.29, 0.717) is 0 Å². The molecule has 15 rings (SSSR count). The number of fused-ring (bicyclic) bond motifs is 18. The minimum absolute atomic E-state index is 0.0921. The average Bonchev–Trinajstić information content (AvgIpc) is 4.19. The van der Waals surface area contributed by atoms with Gasteiger partial charge >= 0.3 is 0 Å². The Hall–Kier alpha value is -9.18. The lowest BCUT2D eigenvalue weighted by Crippen LogP contribution is -2.33. The Morgan fingerprint density at radius 1 is 0.291 bits per heavy atom. The van der Waals surface area contributed by atoms with E-state index in [1.807, 2.05) is 0 Å². The monoisotopic (exact) mass is 1020 g/mol. The smallest absolute Gasteiger partial charge is 0.156 e. The fourth-order valence-electron chi connectivity index (χ4n) is 13.8. The van der Waals surface area contributed by atoms with E-state index in [1.54, 1.807) is 0 Å². The molecule has 0 aromatic heterocycles. The molecule has 0 bridgehead atoms. The lowest BCUT2D eigenvalue weighted by atomic mass is 9.64. The van der Waals surface area contributed by atoms with Crippen LogP contribution in [0.4, 0.5) is 17.1 Å². The van der Waals surface area contributed by atoms with Crippen LogP contribution in [-0.2, 0) is 21.7 Å². The van der Waals surface area contributed by atoms with Gasteiger partial charge in [-0.1, -0.05) is 248 Å². The Bertz CT molecular complexity index is 4170. The molecule has 0 amide bonds. The molecule has 4 aliphatic rings. The van der Waals surface area contributed by atoms with E-state index in [9.17, 15) is 0 Å². The molecule has 0 atom stereocenters. The van der Waals surface area contributed by atoms with Gasteiger partial charge in [-0.3, -0.25) is 0 Å². The Balaban J connectivity index is 1.03. The van der Waals surface area contributed by atoms with Crippen molar-refractivity contribution in [3.8, 4) is 67.5 Å². The summed E-state index contributed by atoms with van der Waals surface area (Å²) < 4.78 is 14.7. The topological polar surface area (TPSA) is 21.7 Å². The number of hydrogen-bond acceptors (Lipinski definition) is 3. The van der Waals surface area contributed by atoms with Gasteiger partial charge in [0, 0.05) is 33.5 Å². The Kier molecular flexibility index (Phi) is 10.2. The first-order valence-electron chi connectivity index (χ1n) is 27.8. The molecule has 3 nitrogen and oxygen atoms in total. The quantitative estimate of drug-likeness (QED) is 0.171. The van der Waals surface area contributed by atoms with E-state index in [-0.39, 0.29) is 10.8 Å². The van der Waals surface area contributed by atoms with E-state index in [1.165, 1.54) is 66.8 Å². The van der Waals surface area contributed by atoms with E-state index in [2.05, 4.69) is 295 Å². The van der Waals surface area contributed by atoms with Crippen molar-refractivity contribution in [3.05, 3.63) is 304 Å². The minimum atomic E-state index is -0.722. The zero-order chi connectivity index (χ0) is 53.4. The molecule has 380 valence electrons. The van der Waals surface area contributed by atoms with Crippen LogP contribution in [0, 0.1) is 0 Å². The highest BCUT2D eigenvalue weighted by molar-refractivity contribution is 5.96. The van der Waals surface area contributed by atoms with E-state index in [4.69, 9.17) is 9.47 Å². The molecule has 2 aliphatic heterocycles. The second-order valence-corrected chi connectivity index (χ2v) is 23.9. The molecule has 0 radical (unpaired) electrons. The number of anilines is 3. The number of para-hydroxylation sites is 4. The van der Waals surface area contributed by atoms with Gasteiger partial charge in [0.1, 0.15) is 17.2 Å². The molecular formula is C76H59NO2. The highest BCUT2D eigenvalue weighted by atomic mass is 16.5. The molecule has 0 saturated heterocycles. The first-order chi connectivity index (χ1) is 38.4. The maximum absolute atomic E-state index is 7.63. The molecule has 2 spiro atoms. The van der Waals surface area contributed by atoms with Gasteiger partial charge in [0.05, 0.1) is 22.2 Å². The fraction of sp³-hybridized carbons (Fsp3) is 0.132. The van der Waals surface area contributed by atoms with Crippen molar-refractivity contribution in [2.24, 2.45) is 0 Å². The summed E-state index contributed by atoms with van der Waals surface area (Å²) in [7, 11) is 0. The summed E-state index contributed by atoms with van der Waals surface area (Å²) in [5.74, 6) is 3.37. The van der Waals surface area contributed by atoms with Crippen molar-refractivity contribution in [1.29, 1.82) is 0 Å². The summed E-state index contributed by atoms with van der Waals surface area (Å²) in [5.41, 5.74) is 23.1. The molecule has 79 heavy (non-hydrogen) atoms. The van der Waals surface area contributed by atoms with Crippen molar-refractivity contribution in [1.82, 2.24) is 0 Å². The van der Waals surface area contributed by atoms with Crippen molar-refractivity contribution < 1.29 is 9.47 Å². The molecule has 2 heterocycles. The first kappa shape index (κ1) is 47.1. The van der Waals surface area contributed by atoms with Gasteiger partial charge in [0.25, 0.3) is 0 Å². The van der Waals surface area contributed by atoms with E-state index < -0.39 is 10.8 Å². The second kappa shape index (κ2) is 17.2. The number of benzene rings is 11. The highest BCUT2D eigenvalue weighted by Crippen LogP contribution is 2.66. The van der Waals surface area contributed by atoms with Gasteiger partial charge in [-0.15, -0.1) is 0 Å². The van der Waals surface area contributed by atoms with Gasteiger partial charge in [-0.05, 0) is 126 Å². The summed E-state index contributed by atoms with van der Waals surface area (Å²) in [6.07, 6.45) is 0. The van der Waals surface area contributed by atoms with Crippen LogP contribution >= 0.6 is 0 Å². The zero-order valence-corrected chi connectivity index (χ0v) is 45.4. The number of rotatable bonds is 5. The van der Waals surface area contributed by atoms with Crippen LogP contribution in [0.15, 0.2) is 249 Å². The highest BCUT2D eigenvalue weighted by Gasteiger charge is 2.54. The Labute approximate surface area is 464 Å². The SMILES string of the molecule is CC(C)(C)c1ccc2c(c1)C1(c3ccccc3Oc3c(N(c4ccc5c(c4)C4(c6ccccc6O5)c5ccccc5-c5ccccc54)c4ccccc4-c4ccc(-c5ccccc5)cc4)cccc31)c1cc(C(C)(C)C)ccc1-2. The van der Waals surface area contributed by atoms with Crippen molar-refractivity contribution in [3.63, 3.8) is 0 Å². The normalized spacial score (nSPS) is 14.4. The Morgan fingerprint density at radius 3 is 1.34 bits per heavy atom. The third kappa shape index (κ3) is 6.78. The predicted molar refractivity (Wildman–Crippen MR) is 324 cm³/mol. The molecule has 0 saturated carbocycles. The molecule has 11 aromatic rings. The van der Waals surface area contributed by atoms with Gasteiger partial charge in [0.15, 0.2) is 5.75 Å². The molecular weight excluding hydrogens is 959 g/mol. The first-order valence-corrected chi connectivity index (χ1v) is 27.8. The van der Waals surface area contributed by atoms with Crippen LogP contribution in [0.1, 0.15) is 97.2 Å². The van der Waals surface area contributed by atoms with Crippen LogP contribution < -0.4 is 14.4 Å². The predicted octanol–water partition coefficient (Wildman–Crippen LogP) is 20.0. The van der Waals surface area contributed by atoms with Crippen molar-refractivity contribution >= 4 is 17.1 Å². The van der Waals surface area contributed by atoms with Crippen molar-refractivity contribution in [2.75, 3.05) is 4.90 Å². The van der Waals surface area contributed by atoms with E-state index in [0.717, 1.165) is 73.4 Å². The largest absolute Gasteiger partial charge is 0.457 e. The zero-order valence-electron chi connectivity index (χ0n) is 45.4. The minimum Gasteiger partial charge on any atom is -0.457 e. The summed E-state index contributed by atoms with van der Waals surface area (Å²) in [6.45, 7) is 13.9. The average molecular weight is 1020 g/mol. The van der Waals surface area contributed by atoms with Gasteiger partial charge in [-0.2, -0.15) is 0 Å². The van der Waals surface area contributed by atoms with Crippen LogP contribution in [-0.4, -0.2) is 0 Å². The molecule has 2 aliphatic carbocycles. The number of ether oxygens (including phenoxy) is 2. The van der Waals surface area contributed by atoms with Gasteiger partial charge in [0.2, 0.25) is 0 Å². The third-order valence-corrected chi connectivity index (χ3v) is 17.5. The standard InChI is InChI=1S/C76H59NO2/c1-73(2,3)51-39-42-57-58-43-40-52(74(4,5)6)46-65(58)76(64(57)45-51)62-29-16-19-34-70(62)79-72-63(76)30-20-32-68(72)77(67-31-17-12-23-54(67)50-37-35-49(36-38-50)48-21-8-7-9-22-48)53-41-44-71-66(47-53)75(61-28-15-18-33-69(61)78-71)59-26-13-10-24-55(59)56-25-11-14-27-60(56)75/h7-47H,1-6H3. The number of nitrogens with zero attached hydrogens (tertiary/aromatic N) is 1. The molecule has 3 heteroatoms. The lowest BCUT2D eigenvalue weighted by Gasteiger charge is -2.42. The fourth-order valence-corrected chi connectivity index (χ4v) is 13.8. The van der Waals surface area contributed by atoms with Crippen LogP contribution in [0.3, 0.4) is 0 Å². The summed E-state index contributed by atoms with van der Waals surface area (Å²) in [5, 5.41) is 0. The van der Waals surface area contributed by atoms with Gasteiger partial charge in [-0.25, -0.2) is 0 Å². The van der Waals surface area contributed by atoms with Crippen molar-refractivity contribution in [2.45, 2.75) is 63.2 Å².